The predicted octanol–water partition coefficient (Wildman–Crippen LogP) is 3.83. The van der Waals surface area contributed by atoms with Crippen LogP contribution >= 0.6 is 0 Å². The van der Waals surface area contributed by atoms with Crippen molar-refractivity contribution in [3.63, 3.8) is 0 Å². The van der Waals surface area contributed by atoms with E-state index in [2.05, 4.69) is 15.3 Å². The van der Waals surface area contributed by atoms with Crippen molar-refractivity contribution in [3.05, 3.63) is 54.9 Å². The molecule has 5 nitrogen and oxygen atoms in total. The van der Waals surface area contributed by atoms with E-state index in [-0.39, 0.29) is 5.75 Å². The summed E-state index contributed by atoms with van der Waals surface area (Å²) in [5.74, 6) is 0.761. The molecule has 5 heteroatoms. The molecule has 4 aromatic rings. The standard InChI is InChI=1S/C16H11N3O2/c20-11-5-3-4-10(8-11)19-16-15-14(17-9-18-16)12-6-1-2-7-13(12)21-15/h1-9,20H,(H,17,18,19). The molecule has 0 saturated carbocycles. The molecule has 2 aromatic heterocycles. The van der Waals surface area contributed by atoms with Gasteiger partial charge in [0, 0.05) is 17.1 Å². The van der Waals surface area contributed by atoms with Gasteiger partial charge in [-0.25, -0.2) is 9.97 Å². The molecule has 2 heterocycles. The molecule has 0 aliphatic carbocycles. The van der Waals surface area contributed by atoms with Crippen molar-refractivity contribution in [3.8, 4) is 5.75 Å². The van der Waals surface area contributed by atoms with E-state index in [9.17, 15) is 5.11 Å². The molecule has 0 fully saturated rings. The summed E-state index contributed by atoms with van der Waals surface area (Å²) in [6, 6.07) is 14.6. The van der Waals surface area contributed by atoms with Gasteiger partial charge in [0.2, 0.25) is 0 Å². The third-order valence-electron chi connectivity index (χ3n) is 3.27. The third-order valence-corrected chi connectivity index (χ3v) is 3.27. The Labute approximate surface area is 119 Å². The van der Waals surface area contributed by atoms with E-state index in [0.717, 1.165) is 22.2 Å². The van der Waals surface area contributed by atoms with Gasteiger partial charge in [-0.15, -0.1) is 0 Å². The molecule has 102 valence electrons. The van der Waals surface area contributed by atoms with Crippen LogP contribution in [-0.2, 0) is 0 Å². The zero-order valence-corrected chi connectivity index (χ0v) is 10.9. The number of phenolic OH excluding ortho intramolecular Hbond substituents is 1. The first-order chi connectivity index (χ1) is 10.3. The Hall–Kier alpha value is -3.08. The minimum atomic E-state index is 0.190. The fourth-order valence-electron chi connectivity index (χ4n) is 2.33. The number of phenols is 1. The summed E-state index contributed by atoms with van der Waals surface area (Å²) in [5, 5.41) is 13.6. The molecule has 0 aliphatic heterocycles. The number of nitrogens with zero attached hydrogens (tertiary/aromatic N) is 2. The SMILES string of the molecule is Oc1cccc(Nc2ncnc3c2oc2ccccc23)c1. The van der Waals surface area contributed by atoms with E-state index in [1.54, 1.807) is 18.2 Å². The largest absolute Gasteiger partial charge is 0.508 e. The van der Waals surface area contributed by atoms with Gasteiger partial charge in [0.15, 0.2) is 11.4 Å². The highest BCUT2D eigenvalue weighted by Gasteiger charge is 2.12. The Morgan fingerprint density at radius 1 is 1.00 bits per heavy atom. The van der Waals surface area contributed by atoms with Crippen LogP contribution in [0.5, 0.6) is 5.75 Å². The molecular weight excluding hydrogens is 266 g/mol. The zero-order chi connectivity index (χ0) is 14.2. The molecule has 0 radical (unpaired) electrons. The minimum Gasteiger partial charge on any atom is -0.508 e. The number of benzene rings is 2. The van der Waals surface area contributed by atoms with Crippen molar-refractivity contribution in [2.75, 3.05) is 5.32 Å². The second kappa shape index (κ2) is 4.49. The number of aromatic nitrogens is 2. The van der Waals surface area contributed by atoms with Crippen LogP contribution in [0, 0.1) is 0 Å². The van der Waals surface area contributed by atoms with Crippen molar-refractivity contribution < 1.29 is 9.52 Å². The van der Waals surface area contributed by atoms with E-state index in [1.165, 1.54) is 6.33 Å². The van der Waals surface area contributed by atoms with Gasteiger partial charge in [0.05, 0.1) is 0 Å². The summed E-state index contributed by atoms with van der Waals surface area (Å²) in [6.07, 6.45) is 1.50. The summed E-state index contributed by atoms with van der Waals surface area (Å²) < 4.78 is 5.84. The van der Waals surface area contributed by atoms with Gasteiger partial charge >= 0.3 is 0 Å². The molecule has 2 N–H and O–H groups in total. The lowest BCUT2D eigenvalue weighted by Crippen LogP contribution is -1.94. The Balaban J connectivity index is 1.89. The molecule has 0 aliphatic rings. The summed E-state index contributed by atoms with van der Waals surface area (Å²) in [4.78, 5) is 8.52. The Morgan fingerprint density at radius 2 is 1.90 bits per heavy atom. The maximum Gasteiger partial charge on any atom is 0.196 e. The molecule has 21 heavy (non-hydrogen) atoms. The van der Waals surface area contributed by atoms with E-state index in [0.29, 0.717) is 11.4 Å². The lowest BCUT2D eigenvalue weighted by molar-refractivity contribution is 0.475. The van der Waals surface area contributed by atoms with Crippen LogP contribution in [0.15, 0.2) is 59.3 Å². The van der Waals surface area contributed by atoms with Gasteiger partial charge in [-0.1, -0.05) is 18.2 Å². The molecular formula is C16H11N3O2. The fourth-order valence-corrected chi connectivity index (χ4v) is 2.33. The van der Waals surface area contributed by atoms with Crippen LogP contribution in [0.25, 0.3) is 22.1 Å². The minimum absolute atomic E-state index is 0.190. The summed E-state index contributed by atoms with van der Waals surface area (Å²) in [6.45, 7) is 0. The highest BCUT2D eigenvalue weighted by atomic mass is 16.3. The van der Waals surface area contributed by atoms with Gasteiger partial charge in [-0.05, 0) is 24.3 Å². The van der Waals surface area contributed by atoms with Crippen molar-refractivity contribution in [1.29, 1.82) is 0 Å². The first kappa shape index (κ1) is 11.7. The number of hydrogen-bond acceptors (Lipinski definition) is 5. The van der Waals surface area contributed by atoms with Crippen LogP contribution in [0.1, 0.15) is 0 Å². The number of para-hydroxylation sites is 1. The predicted molar refractivity (Wildman–Crippen MR) is 80.7 cm³/mol. The summed E-state index contributed by atoms with van der Waals surface area (Å²) >= 11 is 0. The van der Waals surface area contributed by atoms with Gasteiger partial charge in [0.25, 0.3) is 0 Å². The van der Waals surface area contributed by atoms with Crippen molar-refractivity contribution in [2.45, 2.75) is 0 Å². The maximum atomic E-state index is 9.52. The van der Waals surface area contributed by atoms with Gasteiger partial charge in [-0.2, -0.15) is 0 Å². The average Bonchev–Trinajstić information content (AvgIpc) is 2.87. The number of rotatable bonds is 2. The molecule has 0 saturated heterocycles. The second-order valence-corrected chi connectivity index (χ2v) is 4.67. The average molecular weight is 277 g/mol. The van der Waals surface area contributed by atoms with Crippen LogP contribution in [-0.4, -0.2) is 15.1 Å². The molecule has 0 amide bonds. The zero-order valence-electron chi connectivity index (χ0n) is 10.9. The lowest BCUT2D eigenvalue weighted by atomic mass is 10.2. The van der Waals surface area contributed by atoms with E-state index in [4.69, 9.17) is 4.42 Å². The number of nitrogens with one attached hydrogen (secondary N) is 1. The van der Waals surface area contributed by atoms with Crippen molar-refractivity contribution >= 4 is 33.6 Å². The van der Waals surface area contributed by atoms with Crippen molar-refractivity contribution in [1.82, 2.24) is 9.97 Å². The van der Waals surface area contributed by atoms with Gasteiger partial charge in [0.1, 0.15) is 23.2 Å². The lowest BCUT2D eigenvalue weighted by Gasteiger charge is -2.05. The highest BCUT2D eigenvalue weighted by molar-refractivity contribution is 6.05. The number of anilines is 2. The Bertz CT molecular complexity index is 946. The quantitative estimate of drug-likeness (QED) is 0.582. The van der Waals surface area contributed by atoms with Crippen LogP contribution in [0.4, 0.5) is 11.5 Å². The first-order valence-corrected chi connectivity index (χ1v) is 6.49. The monoisotopic (exact) mass is 277 g/mol. The first-order valence-electron chi connectivity index (χ1n) is 6.49. The Kier molecular flexibility index (Phi) is 2.50. The number of fused-ring (bicyclic) bond motifs is 3. The van der Waals surface area contributed by atoms with E-state index < -0.39 is 0 Å². The van der Waals surface area contributed by atoms with Crippen LogP contribution < -0.4 is 5.32 Å². The number of furan rings is 1. The summed E-state index contributed by atoms with van der Waals surface area (Å²) in [5.41, 5.74) is 2.87. The van der Waals surface area contributed by atoms with Crippen LogP contribution in [0.2, 0.25) is 0 Å². The topological polar surface area (TPSA) is 71.2 Å². The second-order valence-electron chi connectivity index (χ2n) is 4.67. The maximum absolute atomic E-state index is 9.52. The molecule has 4 rings (SSSR count). The van der Waals surface area contributed by atoms with Gasteiger partial charge < -0.3 is 14.8 Å². The molecule has 0 atom stereocenters. The molecule has 2 aromatic carbocycles. The third kappa shape index (κ3) is 1.95. The van der Waals surface area contributed by atoms with Crippen molar-refractivity contribution in [2.24, 2.45) is 0 Å². The molecule has 0 bridgehead atoms. The molecule has 0 spiro atoms. The summed E-state index contributed by atoms with van der Waals surface area (Å²) in [7, 11) is 0. The molecule has 0 unspecified atom stereocenters. The normalized spacial score (nSPS) is 11.0. The highest BCUT2D eigenvalue weighted by Crippen LogP contribution is 2.31. The fraction of sp³-hybridized carbons (Fsp3) is 0. The number of hydrogen-bond donors (Lipinski definition) is 2. The smallest absolute Gasteiger partial charge is 0.196 e. The van der Waals surface area contributed by atoms with E-state index >= 15 is 0 Å². The Morgan fingerprint density at radius 3 is 2.81 bits per heavy atom. The number of aromatic hydroxyl groups is 1. The van der Waals surface area contributed by atoms with Crippen LogP contribution in [0.3, 0.4) is 0 Å². The van der Waals surface area contributed by atoms with E-state index in [1.807, 2.05) is 30.3 Å². The van der Waals surface area contributed by atoms with Gasteiger partial charge in [-0.3, -0.25) is 0 Å².